The normalized spacial score (nSPS) is 19.2. The molecule has 15 heavy (non-hydrogen) atoms. The molecule has 0 aromatic rings. The minimum absolute atomic E-state index is 1.10. The molecule has 0 heterocycles. The van der Waals surface area contributed by atoms with E-state index in [1.807, 2.05) is 6.08 Å². The summed E-state index contributed by atoms with van der Waals surface area (Å²) in [5.74, 6) is 0. The summed E-state index contributed by atoms with van der Waals surface area (Å²) in [6.07, 6.45) is 13.6. The van der Waals surface area contributed by atoms with Crippen LogP contribution in [0.15, 0.2) is 52.3 Å². The summed E-state index contributed by atoms with van der Waals surface area (Å²) in [5.41, 5.74) is 9.12. The minimum atomic E-state index is 1.10. The lowest BCUT2D eigenvalue weighted by Crippen LogP contribution is -2.01. The van der Waals surface area contributed by atoms with Gasteiger partial charge in [0.1, 0.15) is 0 Å². The summed E-state index contributed by atoms with van der Waals surface area (Å²) in [4.78, 5) is 0. The van der Waals surface area contributed by atoms with Crippen LogP contribution in [-0.2, 0) is 0 Å². The molecule has 0 bridgehead atoms. The molecular weight excluding hydrogens is 180 g/mol. The molecule has 0 aromatic carbocycles. The van der Waals surface area contributed by atoms with Crippen molar-refractivity contribution in [1.82, 2.24) is 0 Å². The fourth-order valence-electron chi connectivity index (χ4n) is 1.94. The maximum absolute atomic E-state index is 3.37. The maximum atomic E-state index is 3.37. The third-order valence-corrected chi connectivity index (χ3v) is 3.27. The fraction of sp³-hybridized carbons (Fsp3) is 0.400. The van der Waals surface area contributed by atoms with Gasteiger partial charge in [-0.05, 0) is 55.9 Å². The molecule has 0 unspecified atom stereocenters. The molecule has 0 heteroatoms. The Bertz CT molecular complexity index is 401. The monoisotopic (exact) mass is 198 g/mol. The molecule has 2 aliphatic rings. The molecule has 1 saturated carbocycles. The predicted molar refractivity (Wildman–Crippen MR) is 65.7 cm³/mol. The Morgan fingerprint density at radius 2 is 2.20 bits per heavy atom. The first-order valence-electron chi connectivity index (χ1n) is 5.84. The molecule has 2 rings (SSSR count). The molecule has 0 spiro atoms. The average molecular weight is 198 g/mol. The first kappa shape index (κ1) is 10.3. The second kappa shape index (κ2) is 4.51. The number of hydrogen-bond donors (Lipinski definition) is 0. The Morgan fingerprint density at radius 3 is 2.80 bits per heavy atom. The van der Waals surface area contributed by atoms with Crippen LogP contribution in [0.3, 0.4) is 0 Å². The highest BCUT2D eigenvalue weighted by atomic mass is 14.2. The Balaban J connectivity index is 2.32. The molecule has 0 nitrogen and oxygen atoms in total. The molecule has 78 valence electrons. The van der Waals surface area contributed by atoms with E-state index in [9.17, 15) is 0 Å². The minimum Gasteiger partial charge on any atom is -0.113 e. The van der Waals surface area contributed by atoms with Crippen molar-refractivity contribution in [3.8, 4) is 0 Å². The molecule has 0 atom stereocenters. The molecule has 0 saturated heterocycles. The van der Waals surface area contributed by atoms with Crippen LogP contribution in [0.1, 0.15) is 39.5 Å². The molecule has 0 N–H and O–H groups in total. The fourth-order valence-corrected chi connectivity index (χ4v) is 1.94. The summed E-state index contributed by atoms with van der Waals surface area (Å²) in [6.45, 7) is 4.44. The topological polar surface area (TPSA) is 0 Å². The lowest BCUT2D eigenvalue weighted by atomic mass is 9.85. The van der Waals surface area contributed by atoms with Gasteiger partial charge in [-0.1, -0.05) is 24.6 Å². The van der Waals surface area contributed by atoms with Crippen LogP contribution in [-0.4, -0.2) is 0 Å². The van der Waals surface area contributed by atoms with Crippen molar-refractivity contribution in [3.05, 3.63) is 52.3 Å². The first-order valence-corrected chi connectivity index (χ1v) is 5.84. The van der Waals surface area contributed by atoms with E-state index in [0.29, 0.717) is 0 Å². The molecule has 2 aliphatic carbocycles. The second-order valence-electron chi connectivity index (χ2n) is 4.24. The Kier molecular flexibility index (Phi) is 3.08. The van der Waals surface area contributed by atoms with Gasteiger partial charge in [-0.25, -0.2) is 0 Å². The second-order valence-corrected chi connectivity index (χ2v) is 4.24. The van der Waals surface area contributed by atoms with E-state index in [1.165, 1.54) is 36.0 Å². The number of allylic oxidation sites excluding steroid dienone is 7. The van der Waals surface area contributed by atoms with E-state index < -0.39 is 0 Å². The van der Waals surface area contributed by atoms with Gasteiger partial charge in [-0.15, -0.1) is 5.73 Å². The molecule has 0 radical (unpaired) electrons. The maximum Gasteiger partial charge on any atom is 0.0196 e. The summed E-state index contributed by atoms with van der Waals surface area (Å²) >= 11 is 0. The predicted octanol–water partition coefficient (Wildman–Crippen LogP) is 4.47. The molecule has 0 aromatic heterocycles. The van der Waals surface area contributed by atoms with E-state index in [4.69, 9.17) is 0 Å². The molecule has 0 amide bonds. The third kappa shape index (κ3) is 2.22. The zero-order valence-corrected chi connectivity index (χ0v) is 9.64. The van der Waals surface area contributed by atoms with E-state index in [2.05, 4.69) is 37.8 Å². The lowest BCUT2D eigenvalue weighted by molar-refractivity contribution is 0.653. The SMILES string of the molecule is CCC1=CC(C(C)=C2CCC2)=C=CC=C1. The van der Waals surface area contributed by atoms with Gasteiger partial charge in [-0.3, -0.25) is 0 Å². The number of hydrogen-bond acceptors (Lipinski definition) is 0. The van der Waals surface area contributed by atoms with Gasteiger partial charge in [0.25, 0.3) is 0 Å². The quantitative estimate of drug-likeness (QED) is 0.574. The van der Waals surface area contributed by atoms with Crippen LogP contribution < -0.4 is 0 Å². The zero-order valence-electron chi connectivity index (χ0n) is 9.64. The smallest absolute Gasteiger partial charge is 0.0196 e. The van der Waals surface area contributed by atoms with Gasteiger partial charge in [0, 0.05) is 5.57 Å². The van der Waals surface area contributed by atoms with Gasteiger partial charge in [0.05, 0.1) is 0 Å². The molecule has 0 aliphatic heterocycles. The Hall–Kier alpha value is -1.26. The summed E-state index contributed by atoms with van der Waals surface area (Å²) in [6, 6.07) is 0. The van der Waals surface area contributed by atoms with Crippen LogP contribution in [0.2, 0.25) is 0 Å². The highest BCUT2D eigenvalue weighted by Gasteiger charge is 2.13. The van der Waals surface area contributed by atoms with E-state index in [1.54, 1.807) is 5.57 Å². The van der Waals surface area contributed by atoms with Gasteiger partial charge in [0.15, 0.2) is 0 Å². The lowest BCUT2D eigenvalue weighted by Gasteiger charge is -2.20. The third-order valence-electron chi connectivity index (χ3n) is 3.27. The van der Waals surface area contributed by atoms with Crippen molar-refractivity contribution < 1.29 is 0 Å². The van der Waals surface area contributed by atoms with Crippen LogP contribution in [0.4, 0.5) is 0 Å². The average Bonchev–Trinajstić information content (AvgIpc) is 2.39. The van der Waals surface area contributed by atoms with Crippen LogP contribution in [0, 0.1) is 0 Å². The standard InChI is InChI=1S/C15H18/c1-3-13-7-4-5-8-15(11-13)12(2)14-9-6-10-14/h4-5,7,11H,3,6,9-10H2,1-2H3. The van der Waals surface area contributed by atoms with Crippen molar-refractivity contribution >= 4 is 0 Å². The summed E-state index contributed by atoms with van der Waals surface area (Å²) in [7, 11) is 0. The van der Waals surface area contributed by atoms with Crippen molar-refractivity contribution in [2.75, 3.05) is 0 Å². The van der Waals surface area contributed by atoms with Gasteiger partial charge in [-0.2, -0.15) is 0 Å². The van der Waals surface area contributed by atoms with Crippen LogP contribution in [0.25, 0.3) is 0 Å². The van der Waals surface area contributed by atoms with Crippen LogP contribution in [0.5, 0.6) is 0 Å². The number of rotatable bonds is 2. The van der Waals surface area contributed by atoms with Crippen LogP contribution >= 0.6 is 0 Å². The van der Waals surface area contributed by atoms with Gasteiger partial charge in [0.2, 0.25) is 0 Å². The van der Waals surface area contributed by atoms with Crippen molar-refractivity contribution in [2.24, 2.45) is 0 Å². The molecule has 1 fully saturated rings. The highest BCUT2D eigenvalue weighted by molar-refractivity contribution is 5.47. The Labute approximate surface area is 92.4 Å². The largest absolute Gasteiger partial charge is 0.113 e. The van der Waals surface area contributed by atoms with Gasteiger partial charge < -0.3 is 0 Å². The Morgan fingerprint density at radius 1 is 1.40 bits per heavy atom. The highest BCUT2D eigenvalue weighted by Crippen LogP contribution is 2.32. The zero-order chi connectivity index (χ0) is 10.7. The summed E-state index contributed by atoms with van der Waals surface area (Å²) in [5, 5.41) is 0. The van der Waals surface area contributed by atoms with Gasteiger partial charge >= 0.3 is 0 Å². The molecular formula is C15H18. The van der Waals surface area contributed by atoms with E-state index in [-0.39, 0.29) is 0 Å². The van der Waals surface area contributed by atoms with Crippen molar-refractivity contribution in [2.45, 2.75) is 39.5 Å². The first-order chi connectivity index (χ1) is 7.31. The van der Waals surface area contributed by atoms with Crippen molar-refractivity contribution in [1.29, 1.82) is 0 Å². The van der Waals surface area contributed by atoms with E-state index in [0.717, 1.165) is 6.42 Å². The van der Waals surface area contributed by atoms with Crippen molar-refractivity contribution in [3.63, 3.8) is 0 Å². The summed E-state index contributed by atoms with van der Waals surface area (Å²) < 4.78 is 0. The van der Waals surface area contributed by atoms with E-state index >= 15 is 0 Å².